The van der Waals surface area contributed by atoms with Crippen molar-refractivity contribution in [2.24, 2.45) is 5.92 Å². The molecule has 1 N–H and O–H groups in total. The number of aliphatic carboxylic acids is 1. The number of hydrogen-bond donors (Lipinski definition) is 1. The SMILES string of the molecule is CCn1cncc1-c1cccc(CC(C)C(=O)O)c1. The molecule has 0 spiro atoms. The molecule has 0 radical (unpaired) electrons. The fourth-order valence-electron chi connectivity index (χ4n) is 2.11. The highest BCUT2D eigenvalue weighted by Gasteiger charge is 2.12. The molecule has 1 atom stereocenters. The molecule has 0 saturated heterocycles. The topological polar surface area (TPSA) is 55.1 Å². The number of imidazole rings is 1. The minimum atomic E-state index is -0.760. The maximum absolute atomic E-state index is 10.9. The second-order valence-electron chi connectivity index (χ2n) is 4.71. The molecule has 0 aliphatic heterocycles. The third kappa shape index (κ3) is 3.02. The van der Waals surface area contributed by atoms with Crippen molar-refractivity contribution in [2.75, 3.05) is 0 Å². The quantitative estimate of drug-likeness (QED) is 0.897. The van der Waals surface area contributed by atoms with Crippen LogP contribution in [0.5, 0.6) is 0 Å². The third-order valence-corrected chi connectivity index (χ3v) is 3.24. The van der Waals surface area contributed by atoms with Gasteiger partial charge in [-0.1, -0.05) is 25.1 Å². The lowest BCUT2D eigenvalue weighted by molar-refractivity contribution is -0.141. The van der Waals surface area contributed by atoms with Gasteiger partial charge in [0, 0.05) is 12.1 Å². The number of benzene rings is 1. The van der Waals surface area contributed by atoms with Crippen LogP contribution in [-0.4, -0.2) is 20.6 Å². The molecule has 0 aliphatic rings. The zero-order valence-electron chi connectivity index (χ0n) is 11.2. The van der Waals surface area contributed by atoms with Crippen LogP contribution in [0.4, 0.5) is 0 Å². The third-order valence-electron chi connectivity index (χ3n) is 3.24. The summed E-state index contributed by atoms with van der Waals surface area (Å²) in [4.78, 5) is 15.1. The number of hydrogen-bond acceptors (Lipinski definition) is 2. The first-order chi connectivity index (χ1) is 9.11. The van der Waals surface area contributed by atoms with Crippen molar-refractivity contribution in [3.63, 3.8) is 0 Å². The molecule has 0 bridgehead atoms. The Morgan fingerprint density at radius 3 is 2.95 bits per heavy atom. The van der Waals surface area contributed by atoms with Crippen LogP contribution >= 0.6 is 0 Å². The smallest absolute Gasteiger partial charge is 0.306 e. The molecule has 4 nitrogen and oxygen atoms in total. The van der Waals surface area contributed by atoms with Crippen molar-refractivity contribution < 1.29 is 9.90 Å². The van der Waals surface area contributed by atoms with Gasteiger partial charge in [-0.15, -0.1) is 0 Å². The summed E-state index contributed by atoms with van der Waals surface area (Å²) in [6.45, 7) is 4.66. The second kappa shape index (κ2) is 5.69. The van der Waals surface area contributed by atoms with Crippen molar-refractivity contribution in [3.8, 4) is 11.3 Å². The van der Waals surface area contributed by atoms with Gasteiger partial charge in [-0.2, -0.15) is 0 Å². The van der Waals surface area contributed by atoms with Gasteiger partial charge in [0.05, 0.1) is 24.1 Å². The summed E-state index contributed by atoms with van der Waals surface area (Å²) in [5, 5.41) is 8.96. The molecule has 2 rings (SSSR count). The van der Waals surface area contributed by atoms with Gasteiger partial charge in [0.1, 0.15) is 0 Å². The van der Waals surface area contributed by atoms with Gasteiger partial charge >= 0.3 is 5.97 Å². The molecule has 1 unspecified atom stereocenters. The lowest BCUT2D eigenvalue weighted by Gasteiger charge is -2.09. The van der Waals surface area contributed by atoms with Crippen molar-refractivity contribution in [1.82, 2.24) is 9.55 Å². The second-order valence-corrected chi connectivity index (χ2v) is 4.71. The fourth-order valence-corrected chi connectivity index (χ4v) is 2.11. The predicted octanol–water partition coefficient (Wildman–Crippen LogP) is 2.83. The van der Waals surface area contributed by atoms with E-state index in [4.69, 9.17) is 5.11 Å². The maximum Gasteiger partial charge on any atom is 0.306 e. The number of aromatic nitrogens is 2. The van der Waals surface area contributed by atoms with Crippen LogP contribution < -0.4 is 0 Å². The molecule has 0 aliphatic carbocycles. The van der Waals surface area contributed by atoms with Crippen LogP contribution in [0.2, 0.25) is 0 Å². The molecular weight excluding hydrogens is 240 g/mol. The number of carboxylic acid groups (broad SMARTS) is 1. The summed E-state index contributed by atoms with van der Waals surface area (Å²) < 4.78 is 2.07. The highest BCUT2D eigenvalue weighted by Crippen LogP contribution is 2.21. The predicted molar refractivity (Wildman–Crippen MR) is 73.8 cm³/mol. The Labute approximate surface area is 112 Å². The van der Waals surface area contributed by atoms with Crippen LogP contribution in [0.3, 0.4) is 0 Å². The van der Waals surface area contributed by atoms with Crippen LogP contribution in [0, 0.1) is 5.92 Å². The Bertz CT molecular complexity index is 575. The molecule has 0 amide bonds. The van der Waals surface area contributed by atoms with Gasteiger partial charge in [0.15, 0.2) is 0 Å². The Morgan fingerprint density at radius 2 is 2.26 bits per heavy atom. The number of carbonyl (C=O) groups is 1. The maximum atomic E-state index is 10.9. The number of nitrogens with zero attached hydrogens (tertiary/aromatic N) is 2. The molecule has 1 aromatic heterocycles. The van der Waals surface area contributed by atoms with Crippen LogP contribution in [-0.2, 0) is 17.8 Å². The van der Waals surface area contributed by atoms with Gasteiger partial charge in [0.25, 0.3) is 0 Å². The van der Waals surface area contributed by atoms with Gasteiger partial charge < -0.3 is 9.67 Å². The summed E-state index contributed by atoms with van der Waals surface area (Å²) in [5.41, 5.74) is 3.18. The van der Waals surface area contributed by atoms with Gasteiger partial charge in [0.2, 0.25) is 0 Å². The lowest BCUT2D eigenvalue weighted by atomic mass is 9.99. The van der Waals surface area contributed by atoms with Crippen LogP contribution in [0.25, 0.3) is 11.3 Å². The Kier molecular flexibility index (Phi) is 4.00. The summed E-state index contributed by atoms with van der Waals surface area (Å²) in [7, 11) is 0. The molecule has 1 aromatic carbocycles. The lowest BCUT2D eigenvalue weighted by Crippen LogP contribution is -2.12. The average Bonchev–Trinajstić information content (AvgIpc) is 2.87. The Balaban J connectivity index is 2.27. The first-order valence-corrected chi connectivity index (χ1v) is 6.44. The fraction of sp³-hybridized carbons (Fsp3) is 0.333. The van der Waals surface area contributed by atoms with E-state index in [-0.39, 0.29) is 5.92 Å². The molecule has 4 heteroatoms. The van der Waals surface area contributed by atoms with E-state index in [0.717, 1.165) is 23.4 Å². The summed E-state index contributed by atoms with van der Waals surface area (Å²) in [5.74, 6) is -1.13. The molecule has 0 fully saturated rings. The van der Waals surface area contributed by atoms with E-state index in [9.17, 15) is 4.79 Å². The summed E-state index contributed by atoms with van der Waals surface area (Å²) in [6.07, 6.45) is 4.19. The highest BCUT2D eigenvalue weighted by molar-refractivity contribution is 5.70. The molecule has 19 heavy (non-hydrogen) atoms. The van der Waals surface area contributed by atoms with Crippen LogP contribution in [0.1, 0.15) is 19.4 Å². The van der Waals surface area contributed by atoms with Crippen LogP contribution in [0.15, 0.2) is 36.8 Å². The van der Waals surface area contributed by atoms with Crippen molar-refractivity contribution in [2.45, 2.75) is 26.8 Å². The number of rotatable bonds is 5. The zero-order valence-corrected chi connectivity index (χ0v) is 11.2. The largest absolute Gasteiger partial charge is 0.481 e. The van der Waals surface area contributed by atoms with E-state index in [1.807, 2.05) is 36.8 Å². The molecule has 100 valence electrons. The summed E-state index contributed by atoms with van der Waals surface area (Å²) in [6, 6.07) is 8.00. The van der Waals surface area contributed by atoms with E-state index in [1.54, 1.807) is 6.92 Å². The average molecular weight is 258 g/mol. The van der Waals surface area contributed by atoms with E-state index in [2.05, 4.69) is 16.5 Å². The van der Waals surface area contributed by atoms with E-state index < -0.39 is 5.97 Å². The minimum Gasteiger partial charge on any atom is -0.481 e. The molecule has 0 saturated carbocycles. The standard InChI is InChI=1S/C15H18N2O2/c1-3-17-10-16-9-14(17)13-6-4-5-12(8-13)7-11(2)15(18)19/h4-6,8-11H,3,7H2,1-2H3,(H,18,19). The first-order valence-electron chi connectivity index (χ1n) is 6.44. The monoisotopic (exact) mass is 258 g/mol. The Hall–Kier alpha value is -2.10. The Morgan fingerprint density at radius 1 is 1.47 bits per heavy atom. The zero-order chi connectivity index (χ0) is 13.8. The van der Waals surface area contributed by atoms with E-state index in [1.165, 1.54) is 0 Å². The number of carboxylic acids is 1. The van der Waals surface area contributed by atoms with Gasteiger partial charge in [-0.3, -0.25) is 4.79 Å². The van der Waals surface area contributed by atoms with Gasteiger partial charge in [-0.25, -0.2) is 4.98 Å². The van der Waals surface area contributed by atoms with E-state index in [0.29, 0.717) is 6.42 Å². The van der Waals surface area contributed by atoms with Crippen molar-refractivity contribution in [1.29, 1.82) is 0 Å². The summed E-state index contributed by atoms with van der Waals surface area (Å²) >= 11 is 0. The molecule has 1 heterocycles. The van der Waals surface area contributed by atoms with Gasteiger partial charge in [-0.05, 0) is 25.0 Å². The molecule has 2 aromatic rings. The number of aryl methyl sites for hydroxylation is 1. The highest BCUT2D eigenvalue weighted by atomic mass is 16.4. The minimum absolute atomic E-state index is 0.369. The van der Waals surface area contributed by atoms with Crippen molar-refractivity contribution in [3.05, 3.63) is 42.4 Å². The molecular formula is C15H18N2O2. The van der Waals surface area contributed by atoms with Crippen molar-refractivity contribution >= 4 is 5.97 Å². The van der Waals surface area contributed by atoms with E-state index >= 15 is 0 Å². The normalized spacial score (nSPS) is 12.3. The first kappa shape index (κ1) is 13.3.